The van der Waals surface area contributed by atoms with Gasteiger partial charge in [0.1, 0.15) is 0 Å². The van der Waals surface area contributed by atoms with Gasteiger partial charge in [0.05, 0.1) is 22.8 Å². The third-order valence-corrected chi connectivity index (χ3v) is 6.26. The number of rotatable bonds is 4. The van der Waals surface area contributed by atoms with Crippen molar-refractivity contribution in [1.29, 1.82) is 0 Å². The molecule has 1 aromatic carbocycles. The van der Waals surface area contributed by atoms with Gasteiger partial charge in [0.2, 0.25) is 0 Å². The summed E-state index contributed by atoms with van der Waals surface area (Å²) in [6.07, 6.45) is 0.256. The molecule has 22 heavy (non-hydrogen) atoms. The van der Waals surface area contributed by atoms with Crippen LogP contribution in [0.15, 0.2) is 34.9 Å². The summed E-state index contributed by atoms with van der Waals surface area (Å²) < 4.78 is 35.4. The molecular formula is C15H16ClNO4S. The van der Waals surface area contributed by atoms with Crippen molar-refractivity contribution in [3.8, 4) is 11.3 Å². The highest BCUT2D eigenvalue weighted by atomic mass is 35.5. The summed E-state index contributed by atoms with van der Waals surface area (Å²) in [4.78, 5) is 0. The Morgan fingerprint density at radius 2 is 2.18 bits per heavy atom. The average Bonchev–Trinajstić information content (AvgIpc) is 3.07. The first kappa shape index (κ1) is 15.5. The molecule has 0 saturated carbocycles. The van der Waals surface area contributed by atoms with Gasteiger partial charge in [-0.3, -0.25) is 0 Å². The van der Waals surface area contributed by atoms with Crippen LogP contribution >= 0.6 is 11.6 Å². The van der Waals surface area contributed by atoms with E-state index in [2.05, 4.69) is 5.16 Å². The standard InChI is InChI=1S/C15H16ClNO4S/c1-10-15(5-6-20-10)22(18,19)9-13-8-14(21-17-13)11-3-2-4-12(16)7-11/h2-4,7-8,10,15H,5-6,9H2,1H3. The highest BCUT2D eigenvalue weighted by Gasteiger charge is 2.36. The Kier molecular flexibility index (Phi) is 4.25. The normalized spacial score (nSPS) is 22.1. The van der Waals surface area contributed by atoms with Gasteiger partial charge < -0.3 is 9.26 Å². The molecule has 5 nitrogen and oxygen atoms in total. The third kappa shape index (κ3) is 3.19. The SMILES string of the molecule is CC1OCCC1S(=O)(=O)Cc1cc(-c2cccc(Cl)c2)on1. The Balaban J connectivity index is 1.80. The first-order chi connectivity index (χ1) is 10.5. The monoisotopic (exact) mass is 341 g/mol. The summed E-state index contributed by atoms with van der Waals surface area (Å²) in [5, 5.41) is 3.98. The molecule has 0 N–H and O–H groups in total. The first-order valence-corrected chi connectivity index (χ1v) is 9.10. The van der Waals surface area contributed by atoms with Gasteiger partial charge in [-0.15, -0.1) is 0 Å². The maximum atomic E-state index is 12.4. The molecule has 0 spiro atoms. The van der Waals surface area contributed by atoms with E-state index in [-0.39, 0.29) is 11.9 Å². The van der Waals surface area contributed by atoms with Crippen LogP contribution in [0.2, 0.25) is 5.02 Å². The summed E-state index contributed by atoms with van der Waals surface area (Å²) in [5.41, 5.74) is 1.16. The highest BCUT2D eigenvalue weighted by molar-refractivity contribution is 7.91. The van der Waals surface area contributed by atoms with Crippen molar-refractivity contribution in [3.63, 3.8) is 0 Å². The maximum Gasteiger partial charge on any atom is 0.167 e. The van der Waals surface area contributed by atoms with Gasteiger partial charge in [-0.2, -0.15) is 0 Å². The minimum absolute atomic E-state index is 0.143. The lowest BCUT2D eigenvalue weighted by Crippen LogP contribution is -2.29. The van der Waals surface area contributed by atoms with Crippen molar-refractivity contribution in [2.45, 2.75) is 30.5 Å². The molecule has 1 aromatic heterocycles. The van der Waals surface area contributed by atoms with Gasteiger partial charge in [-0.05, 0) is 25.5 Å². The Morgan fingerprint density at radius 1 is 1.36 bits per heavy atom. The Bertz CT molecular complexity index is 771. The minimum Gasteiger partial charge on any atom is -0.377 e. The number of sulfone groups is 1. The van der Waals surface area contributed by atoms with Crippen molar-refractivity contribution in [2.75, 3.05) is 6.61 Å². The van der Waals surface area contributed by atoms with E-state index in [0.717, 1.165) is 5.56 Å². The summed E-state index contributed by atoms with van der Waals surface area (Å²) in [5.74, 6) is 0.360. The zero-order valence-electron chi connectivity index (χ0n) is 12.0. The van der Waals surface area contributed by atoms with Crippen LogP contribution in [0, 0.1) is 0 Å². The summed E-state index contributed by atoms with van der Waals surface area (Å²) >= 11 is 5.94. The molecule has 3 rings (SSSR count). The van der Waals surface area contributed by atoms with Gasteiger partial charge in [0.15, 0.2) is 15.6 Å². The fourth-order valence-corrected chi connectivity index (χ4v) is 4.72. The van der Waals surface area contributed by atoms with Crippen LogP contribution in [-0.4, -0.2) is 31.5 Å². The first-order valence-electron chi connectivity index (χ1n) is 7.00. The van der Waals surface area contributed by atoms with Crippen molar-refractivity contribution >= 4 is 21.4 Å². The number of ether oxygens (including phenoxy) is 1. The van der Waals surface area contributed by atoms with E-state index in [0.29, 0.717) is 29.5 Å². The van der Waals surface area contributed by atoms with Crippen LogP contribution in [0.3, 0.4) is 0 Å². The van der Waals surface area contributed by atoms with Crippen LogP contribution in [0.1, 0.15) is 19.0 Å². The van der Waals surface area contributed by atoms with E-state index in [4.69, 9.17) is 20.9 Å². The minimum atomic E-state index is -3.31. The van der Waals surface area contributed by atoms with Crippen molar-refractivity contribution in [1.82, 2.24) is 5.16 Å². The predicted octanol–water partition coefficient (Wildman–Crippen LogP) is 3.09. The summed E-state index contributed by atoms with van der Waals surface area (Å²) in [6.45, 7) is 2.27. The van der Waals surface area contributed by atoms with Crippen molar-refractivity contribution in [3.05, 3.63) is 41.0 Å². The number of halogens is 1. The van der Waals surface area contributed by atoms with Crippen molar-refractivity contribution in [2.24, 2.45) is 0 Å². The van der Waals surface area contributed by atoms with Crippen molar-refractivity contribution < 1.29 is 17.7 Å². The molecule has 0 aliphatic carbocycles. The fourth-order valence-electron chi connectivity index (χ4n) is 2.65. The predicted molar refractivity (Wildman–Crippen MR) is 83.4 cm³/mol. The molecule has 2 atom stereocenters. The number of benzene rings is 1. The van der Waals surface area contributed by atoms with Crippen LogP contribution < -0.4 is 0 Å². The average molecular weight is 342 g/mol. The summed E-state index contributed by atoms with van der Waals surface area (Å²) in [6, 6.07) is 8.77. The largest absolute Gasteiger partial charge is 0.377 e. The van der Waals surface area contributed by atoms with E-state index in [1.54, 1.807) is 31.2 Å². The second-order valence-corrected chi connectivity index (χ2v) is 8.06. The van der Waals surface area contributed by atoms with Gasteiger partial charge >= 0.3 is 0 Å². The van der Waals surface area contributed by atoms with Gasteiger partial charge in [-0.1, -0.05) is 28.9 Å². The van der Waals surface area contributed by atoms with E-state index in [9.17, 15) is 8.42 Å². The fraction of sp³-hybridized carbons (Fsp3) is 0.400. The van der Waals surface area contributed by atoms with Crippen LogP contribution in [0.25, 0.3) is 11.3 Å². The zero-order valence-corrected chi connectivity index (χ0v) is 13.6. The summed E-state index contributed by atoms with van der Waals surface area (Å²) in [7, 11) is -3.31. The molecule has 1 aliphatic heterocycles. The number of hydrogen-bond acceptors (Lipinski definition) is 5. The molecule has 1 aliphatic rings. The third-order valence-electron chi connectivity index (χ3n) is 3.79. The lowest BCUT2D eigenvalue weighted by Gasteiger charge is -2.13. The molecule has 0 radical (unpaired) electrons. The molecule has 1 saturated heterocycles. The zero-order chi connectivity index (χ0) is 15.7. The molecule has 1 fully saturated rings. The maximum absolute atomic E-state index is 12.4. The number of nitrogens with zero attached hydrogens (tertiary/aromatic N) is 1. The molecule has 0 amide bonds. The number of aromatic nitrogens is 1. The van der Waals surface area contributed by atoms with Crippen LogP contribution in [0.5, 0.6) is 0 Å². The van der Waals surface area contributed by atoms with Crippen LogP contribution in [-0.2, 0) is 20.3 Å². The van der Waals surface area contributed by atoms with E-state index < -0.39 is 15.1 Å². The van der Waals surface area contributed by atoms with E-state index in [1.165, 1.54) is 0 Å². The smallest absolute Gasteiger partial charge is 0.167 e. The number of hydrogen-bond donors (Lipinski definition) is 0. The molecule has 2 aromatic rings. The van der Waals surface area contributed by atoms with Gasteiger partial charge in [0, 0.05) is 23.3 Å². The molecular weight excluding hydrogens is 326 g/mol. The molecule has 7 heteroatoms. The Labute approximate surface area is 134 Å². The Hall–Kier alpha value is -1.37. The molecule has 2 heterocycles. The molecule has 0 bridgehead atoms. The highest BCUT2D eigenvalue weighted by Crippen LogP contribution is 2.27. The quantitative estimate of drug-likeness (QED) is 0.854. The second-order valence-electron chi connectivity index (χ2n) is 5.40. The molecule has 2 unspecified atom stereocenters. The lowest BCUT2D eigenvalue weighted by molar-refractivity contribution is 0.126. The lowest BCUT2D eigenvalue weighted by atomic mass is 10.2. The molecule has 118 valence electrons. The topological polar surface area (TPSA) is 69.4 Å². The van der Waals surface area contributed by atoms with E-state index >= 15 is 0 Å². The van der Waals surface area contributed by atoms with E-state index in [1.807, 2.05) is 6.07 Å². The van der Waals surface area contributed by atoms with Gasteiger partial charge in [0.25, 0.3) is 0 Å². The Morgan fingerprint density at radius 3 is 2.86 bits per heavy atom. The van der Waals surface area contributed by atoms with Gasteiger partial charge in [-0.25, -0.2) is 8.42 Å². The van der Waals surface area contributed by atoms with Crippen LogP contribution in [0.4, 0.5) is 0 Å². The second kappa shape index (κ2) is 6.02.